The van der Waals surface area contributed by atoms with Crippen molar-refractivity contribution in [2.45, 2.75) is 11.3 Å². The number of rotatable bonds is 1. The third kappa shape index (κ3) is 2.59. The van der Waals surface area contributed by atoms with Gasteiger partial charge in [0.05, 0.1) is 23.2 Å². The summed E-state index contributed by atoms with van der Waals surface area (Å²) in [5, 5.41) is 3.03. The molecule has 0 radical (unpaired) electrons. The number of aliphatic imine (C=N–C) groups is 1. The zero-order valence-electron chi connectivity index (χ0n) is 9.64. The highest BCUT2D eigenvalue weighted by Gasteiger charge is 2.42. The molecule has 4 nitrogen and oxygen atoms in total. The number of amidine groups is 1. The van der Waals surface area contributed by atoms with Crippen molar-refractivity contribution in [3.8, 4) is 0 Å². The molecule has 1 aromatic carbocycles. The molecule has 2 aliphatic rings. The molecule has 1 aromatic rings. The number of fused-ring (bicyclic) bond motifs is 1. The number of benzene rings is 1. The van der Waals surface area contributed by atoms with Gasteiger partial charge in [-0.05, 0) is 12.1 Å². The molecule has 102 valence electrons. The standard InChI is InChI=1S/C11H10F2N2O2S2/c12-6-1-2-7(13)8(3-6)14-11-15-9-4-19(16,17)5-10(9)18-11/h1-3,9-10H,4-5H2,(H,14,15)/t9-,10+/m1/s1. The Kier molecular flexibility index (Phi) is 3.01. The van der Waals surface area contributed by atoms with Crippen molar-refractivity contribution in [3.63, 3.8) is 0 Å². The Morgan fingerprint density at radius 1 is 1.32 bits per heavy atom. The van der Waals surface area contributed by atoms with Crippen LogP contribution in [0.15, 0.2) is 23.2 Å². The largest absolute Gasteiger partial charge is 0.332 e. The lowest BCUT2D eigenvalue weighted by molar-refractivity contribution is 0.601. The summed E-state index contributed by atoms with van der Waals surface area (Å²) in [4.78, 5) is 4.21. The molecule has 0 saturated carbocycles. The minimum absolute atomic E-state index is 0.00841. The Balaban J connectivity index is 1.78. The van der Waals surface area contributed by atoms with Crippen molar-refractivity contribution in [1.82, 2.24) is 0 Å². The Hall–Kier alpha value is -1.15. The molecule has 0 amide bonds. The Morgan fingerprint density at radius 2 is 2.11 bits per heavy atom. The maximum atomic E-state index is 13.4. The molecule has 0 aromatic heterocycles. The second-order valence-corrected chi connectivity index (χ2v) is 7.87. The fourth-order valence-corrected chi connectivity index (χ4v) is 5.79. The van der Waals surface area contributed by atoms with Crippen LogP contribution in [0, 0.1) is 11.6 Å². The van der Waals surface area contributed by atoms with Crippen LogP contribution in [0.1, 0.15) is 0 Å². The quantitative estimate of drug-likeness (QED) is 0.857. The first-order valence-corrected chi connectivity index (χ1v) is 8.30. The number of nitrogens with zero attached hydrogens (tertiary/aromatic N) is 1. The second-order valence-electron chi connectivity index (χ2n) is 4.48. The molecule has 0 unspecified atom stereocenters. The molecule has 8 heteroatoms. The van der Waals surface area contributed by atoms with E-state index < -0.39 is 21.5 Å². The summed E-state index contributed by atoms with van der Waals surface area (Å²) in [7, 11) is -3.01. The molecule has 2 atom stereocenters. The van der Waals surface area contributed by atoms with Gasteiger partial charge in [-0.3, -0.25) is 4.99 Å². The first-order chi connectivity index (χ1) is 8.93. The van der Waals surface area contributed by atoms with Crippen LogP contribution in [-0.4, -0.2) is 36.4 Å². The molecule has 0 aliphatic carbocycles. The van der Waals surface area contributed by atoms with Gasteiger partial charge >= 0.3 is 0 Å². The van der Waals surface area contributed by atoms with E-state index >= 15 is 0 Å². The third-order valence-corrected chi connectivity index (χ3v) is 6.13. The van der Waals surface area contributed by atoms with E-state index in [-0.39, 0.29) is 28.5 Å². The molecule has 2 aliphatic heterocycles. The van der Waals surface area contributed by atoms with Crippen molar-refractivity contribution in [2.24, 2.45) is 4.99 Å². The number of hydrogen-bond acceptors (Lipinski definition) is 5. The predicted molar refractivity (Wildman–Crippen MR) is 71.2 cm³/mol. The molecule has 1 N–H and O–H groups in total. The van der Waals surface area contributed by atoms with E-state index in [1.807, 2.05) is 0 Å². The van der Waals surface area contributed by atoms with Gasteiger partial charge in [0.1, 0.15) is 11.6 Å². The van der Waals surface area contributed by atoms with Gasteiger partial charge < -0.3 is 5.32 Å². The van der Waals surface area contributed by atoms with Crippen molar-refractivity contribution >= 4 is 32.5 Å². The van der Waals surface area contributed by atoms with Gasteiger partial charge in [0, 0.05) is 11.3 Å². The van der Waals surface area contributed by atoms with E-state index in [1.165, 1.54) is 11.8 Å². The zero-order valence-corrected chi connectivity index (χ0v) is 11.3. The van der Waals surface area contributed by atoms with Crippen LogP contribution in [0.2, 0.25) is 0 Å². The van der Waals surface area contributed by atoms with E-state index in [0.717, 1.165) is 18.2 Å². The second kappa shape index (κ2) is 4.45. The van der Waals surface area contributed by atoms with Crippen LogP contribution < -0.4 is 5.32 Å². The van der Waals surface area contributed by atoms with Crippen molar-refractivity contribution < 1.29 is 17.2 Å². The monoisotopic (exact) mass is 304 g/mol. The number of anilines is 1. The number of hydrogen-bond donors (Lipinski definition) is 1. The fraction of sp³-hybridized carbons (Fsp3) is 0.364. The third-order valence-electron chi connectivity index (χ3n) is 2.99. The van der Waals surface area contributed by atoms with Crippen LogP contribution in [-0.2, 0) is 9.84 Å². The summed E-state index contributed by atoms with van der Waals surface area (Å²) in [6, 6.07) is 2.83. The highest BCUT2D eigenvalue weighted by atomic mass is 32.2. The maximum absolute atomic E-state index is 13.4. The molecule has 3 rings (SSSR count). The van der Waals surface area contributed by atoms with E-state index in [1.54, 1.807) is 0 Å². The minimum Gasteiger partial charge on any atom is -0.332 e. The highest BCUT2D eigenvalue weighted by molar-refractivity contribution is 8.15. The minimum atomic E-state index is -3.01. The average Bonchev–Trinajstić information content (AvgIpc) is 2.76. The SMILES string of the molecule is O=S1(=O)C[C@@H]2SC(Nc3cc(F)ccc3F)=N[C@@H]2C1. The molecular formula is C11H10F2N2O2S2. The number of halogens is 2. The lowest BCUT2D eigenvalue weighted by Gasteiger charge is -2.07. The highest BCUT2D eigenvalue weighted by Crippen LogP contribution is 2.34. The summed E-state index contributed by atoms with van der Waals surface area (Å²) in [6.45, 7) is 0. The van der Waals surface area contributed by atoms with Crippen molar-refractivity contribution in [3.05, 3.63) is 29.8 Å². The van der Waals surface area contributed by atoms with E-state index in [9.17, 15) is 17.2 Å². The van der Waals surface area contributed by atoms with Gasteiger partial charge in [-0.15, -0.1) is 0 Å². The van der Waals surface area contributed by atoms with Crippen LogP contribution >= 0.6 is 11.8 Å². The van der Waals surface area contributed by atoms with Crippen LogP contribution in [0.4, 0.5) is 14.5 Å². The summed E-state index contributed by atoms with van der Waals surface area (Å²) < 4.78 is 49.3. The van der Waals surface area contributed by atoms with Crippen LogP contribution in [0.25, 0.3) is 0 Å². The normalized spacial score (nSPS) is 28.0. The van der Waals surface area contributed by atoms with E-state index in [4.69, 9.17) is 0 Å². The van der Waals surface area contributed by atoms with Gasteiger partial charge in [0.15, 0.2) is 15.0 Å². The molecular weight excluding hydrogens is 294 g/mol. The topological polar surface area (TPSA) is 58.5 Å². The molecule has 1 saturated heterocycles. The fourth-order valence-electron chi connectivity index (χ4n) is 2.12. The van der Waals surface area contributed by atoms with Gasteiger partial charge in [-0.25, -0.2) is 17.2 Å². The van der Waals surface area contributed by atoms with Crippen molar-refractivity contribution in [2.75, 3.05) is 16.8 Å². The Morgan fingerprint density at radius 3 is 2.84 bits per heavy atom. The van der Waals surface area contributed by atoms with Gasteiger partial charge in [-0.2, -0.15) is 0 Å². The zero-order chi connectivity index (χ0) is 13.6. The number of thioether (sulfide) groups is 1. The first-order valence-electron chi connectivity index (χ1n) is 5.60. The summed E-state index contributed by atoms with van der Waals surface area (Å²) in [5.74, 6) is -1.01. The summed E-state index contributed by atoms with van der Waals surface area (Å²) >= 11 is 1.26. The van der Waals surface area contributed by atoms with Gasteiger partial charge in [0.25, 0.3) is 0 Å². The summed E-state index contributed by atoms with van der Waals surface area (Å²) in [6.07, 6.45) is 0. The van der Waals surface area contributed by atoms with Crippen LogP contribution in [0.3, 0.4) is 0 Å². The lowest BCUT2D eigenvalue weighted by atomic mass is 10.3. The summed E-state index contributed by atoms with van der Waals surface area (Å²) in [5.41, 5.74) is 0.00841. The number of sulfone groups is 1. The molecule has 0 spiro atoms. The smallest absolute Gasteiger partial charge is 0.161 e. The van der Waals surface area contributed by atoms with Crippen LogP contribution in [0.5, 0.6) is 0 Å². The average molecular weight is 304 g/mol. The lowest BCUT2D eigenvalue weighted by Crippen LogP contribution is -2.13. The molecule has 0 bridgehead atoms. The molecule has 19 heavy (non-hydrogen) atoms. The van der Waals surface area contributed by atoms with E-state index in [2.05, 4.69) is 10.3 Å². The first kappa shape index (κ1) is 12.9. The van der Waals surface area contributed by atoms with Gasteiger partial charge in [0.2, 0.25) is 0 Å². The molecule has 2 heterocycles. The Labute approximate surface area is 113 Å². The Bertz CT molecular complexity index is 661. The van der Waals surface area contributed by atoms with E-state index in [0.29, 0.717) is 5.17 Å². The number of nitrogens with one attached hydrogen (secondary N) is 1. The maximum Gasteiger partial charge on any atom is 0.161 e. The molecule has 1 fully saturated rings. The predicted octanol–water partition coefficient (Wildman–Crippen LogP) is 1.65. The van der Waals surface area contributed by atoms with Crippen molar-refractivity contribution in [1.29, 1.82) is 0 Å². The van der Waals surface area contributed by atoms with Gasteiger partial charge in [-0.1, -0.05) is 11.8 Å².